The van der Waals surface area contributed by atoms with Gasteiger partial charge in [0.05, 0.1) is 0 Å². The van der Waals surface area contributed by atoms with E-state index in [4.69, 9.17) is 4.42 Å². The number of hydrogen-bond donors (Lipinski definition) is 1. The Bertz CT molecular complexity index is 664. The number of hydrogen-bond acceptors (Lipinski definition) is 4. The molecule has 0 aliphatic rings. The van der Waals surface area contributed by atoms with Crippen molar-refractivity contribution >= 4 is 11.8 Å². The first-order valence-electron chi connectivity index (χ1n) is 6.99. The third-order valence-corrected chi connectivity index (χ3v) is 4.22. The second kappa shape index (κ2) is 6.63. The molecule has 0 aliphatic heterocycles. The number of aromatic amines is 1. The summed E-state index contributed by atoms with van der Waals surface area (Å²) in [6, 6.07) is 14.3. The molecule has 0 unspecified atom stereocenters. The van der Waals surface area contributed by atoms with Crippen LogP contribution in [0.1, 0.15) is 18.9 Å². The maximum Gasteiger partial charge on any atom is 0.277 e. The molecule has 3 rings (SSSR count). The van der Waals surface area contributed by atoms with Crippen molar-refractivity contribution in [3.8, 4) is 11.6 Å². The highest BCUT2D eigenvalue weighted by atomic mass is 32.2. The van der Waals surface area contributed by atoms with E-state index in [9.17, 15) is 0 Å². The number of nitrogens with one attached hydrogen (secondary N) is 1. The van der Waals surface area contributed by atoms with Gasteiger partial charge in [-0.25, -0.2) is 0 Å². The molecular weight excluding hydrogens is 282 g/mol. The Morgan fingerprint density at radius 1 is 1.14 bits per heavy atom. The lowest BCUT2D eigenvalue weighted by Gasteiger charge is -2.07. The van der Waals surface area contributed by atoms with Crippen LogP contribution in [0, 0.1) is 0 Å². The highest BCUT2D eigenvalue weighted by Crippen LogP contribution is 2.27. The van der Waals surface area contributed by atoms with E-state index >= 15 is 0 Å². The Kier molecular flexibility index (Phi) is 4.40. The van der Waals surface area contributed by atoms with Crippen LogP contribution in [0.5, 0.6) is 0 Å². The Morgan fingerprint density at radius 2 is 2.00 bits per heavy atom. The number of aryl methyl sites for hydroxylation is 1. The maximum absolute atomic E-state index is 5.66. The monoisotopic (exact) mass is 299 g/mol. The second-order valence-electron chi connectivity index (χ2n) is 4.91. The predicted octanol–water partition coefficient (Wildman–Crippen LogP) is 4.18. The van der Waals surface area contributed by atoms with Crippen LogP contribution >= 0.6 is 11.8 Å². The van der Waals surface area contributed by atoms with Crippen LogP contribution in [0.4, 0.5) is 0 Å². The standard InChI is InChI=1S/C16H17N3OS/c1-12(9-10-13-6-3-2-4-7-13)21-16-19-18-15(20-16)14-8-5-11-17-14/h2-8,11-12,17H,9-10H2,1H3/t12-/m1/s1. The molecule has 0 saturated heterocycles. The van der Waals surface area contributed by atoms with E-state index in [0.717, 1.165) is 18.5 Å². The second-order valence-corrected chi connectivity index (χ2v) is 6.30. The van der Waals surface area contributed by atoms with Gasteiger partial charge in [-0.15, -0.1) is 10.2 Å². The van der Waals surface area contributed by atoms with Gasteiger partial charge in [-0.3, -0.25) is 0 Å². The minimum Gasteiger partial charge on any atom is -0.410 e. The van der Waals surface area contributed by atoms with Crippen LogP contribution in [0.15, 0.2) is 58.3 Å². The summed E-state index contributed by atoms with van der Waals surface area (Å²) in [4.78, 5) is 3.06. The lowest BCUT2D eigenvalue weighted by molar-refractivity contribution is 0.463. The summed E-state index contributed by atoms with van der Waals surface area (Å²) in [5.41, 5.74) is 2.22. The van der Waals surface area contributed by atoms with Crippen molar-refractivity contribution in [2.75, 3.05) is 0 Å². The molecule has 0 bridgehead atoms. The molecule has 1 aromatic carbocycles. The van der Waals surface area contributed by atoms with Crippen molar-refractivity contribution in [1.82, 2.24) is 15.2 Å². The first-order chi connectivity index (χ1) is 10.3. The van der Waals surface area contributed by atoms with E-state index in [-0.39, 0.29) is 0 Å². The Labute approximate surface area is 128 Å². The van der Waals surface area contributed by atoms with E-state index in [0.29, 0.717) is 16.4 Å². The van der Waals surface area contributed by atoms with Gasteiger partial charge in [-0.2, -0.15) is 0 Å². The number of benzene rings is 1. The quantitative estimate of drug-likeness (QED) is 0.694. The molecule has 108 valence electrons. The average molecular weight is 299 g/mol. The van der Waals surface area contributed by atoms with Gasteiger partial charge in [0.1, 0.15) is 5.69 Å². The van der Waals surface area contributed by atoms with E-state index in [1.54, 1.807) is 11.8 Å². The van der Waals surface area contributed by atoms with E-state index < -0.39 is 0 Å². The molecule has 0 aliphatic carbocycles. The molecule has 0 amide bonds. The molecule has 5 heteroatoms. The molecule has 0 spiro atoms. The van der Waals surface area contributed by atoms with Crippen LogP contribution in [-0.2, 0) is 6.42 Å². The van der Waals surface area contributed by atoms with Crippen molar-refractivity contribution in [3.63, 3.8) is 0 Å². The van der Waals surface area contributed by atoms with Gasteiger partial charge in [0.15, 0.2) is 0 Å². The van der Waals surface area contributed by atoms with E-state index in [1.807, 2.05) is 24.4 Å². The van der Waals surface area contributed by atoms with Crippen molar-refractivity contribution < 1.29 is 4.42 Å². The summed E-state index contributed by atoms with van der Waals surface area (Å²) in [6.07, 6.45) is 3.98. The van der Waals surface area contributed by atoms with Gasteiger partial charge in [0, 0.05) is 11.4 Å². The van der Waals surface area contributed by atoms with E-state index in [1.165, 1.54) is 5.56 Å². The Balaban J connectivity index is 1.54. The molecule has 0 saturated carbocycles. The largest absolute Gasteiger partial charge is 0.410 e. The van der Waals surface area contributed by atoms with Crippen LogP contribution < -0.4 is 0 Å². The van der Waals surface area contributed by atoms with Crippen molar-refractivity contribution in [1.29, 1.82) is 0 Å². The number of thioether (sulfide) groups is 1. The molecule has 3 aromatic rings. The average Bonchev–Trinajstić information content (AvgIpc) is 3.17. The topological polar surface area (TPSA) is 54.7 Å². The van der Waals surface area contributed by atoms with Crippen LogP contribution in [0.25, 0.3) is 11.6 Å². The summed E-state index contributed by atoms with van der Waals surface area (Å²) >= 11 is 1.63. The minimum absolute atomic E-state index is 0.433. The summed E-state index contributed by atoms with van der Waals surface area (Å²) in [5.74, 6) is 0.540. The zero-order valence-electron chi connectivity index (χ0n) is 11.8. The summed E-state index contributed by atoms with van der Waals surface area (Å²) in [7, 11) is 0. The zero-order valence-corrected chi connectivity index (χ0v) is 12.6. The SMILES string of the molecule is C[C@H](CCc1ccccc1)Sc1nnc(-c2ccc[nH]2)o1. The lowest BCUT2D eigenvalue weighted by atomic mass is 10.1. The fourth-order valence-corrected chi connectivity index (χ4v) is 2.87. The van der Waals surface area contributed by atoms with Crippen molar-refractivity contribution in [3.05, 3.63) is 54.2 Å². The molecule has 0 radical (unpaired) electrons. The van der Waals surface area contributed by atoms with Crippen LogP contribution in [0.3, 0.4) is 0 Å². The number of H-pyrrole nitrogens is 1. The van der Waals surface area contributed by atoms with Crippen molar-refractivity contribution in [2.24, 2.45) is 0 Å². The van der Waals surface area contributed by atoms with Gasteiger partial charge in [-0.05, 0) is 30.5 Å². The van der Waals surface area contributed by atoms with Gasteiger partial charge in [-0.1, -0.05) is 49.0 Å². The third-order valence-electron chi connectivity index (χ3n) is 3.22. The third kappa shape index (κ3) is 3.76. The highest BCUT2D eigenvalue weighted by molar-refractivity contribution is 7.99. The minimum atomic E-state index is 0.433. The smallest absolute Gasteiger partial charge is 0.277 e. The molecule has 0 fully saturated rings. The number of aromatic nitrogens is 3. The highest BCUT2D eigenvalue weighted by Gasteiger charge is 2.13. The van der Waals surface area contributed by atoms with Gasteiger partial charge in [0.2, 0.25) is 0 Å². The fraction of sp³-hybridized carbons (Fsp3) is 0.250. The van der Waals surface area contributed by atoms with Gasteiger partial charge >= 0.3 is 0 Å². The van der Waals surface area contributed by atoms with Crippen molar-refractivity contribution in [2.45, 2.75) is 30.2 Å². The normalized spacial score (nSPS) is 12.4. The molecule has 2 aromatic heterocycles. The number of rotatable bonds is 6. The first kappa shape index (κ1) is 13.9. The fourth-order valence-electron chi connectivity index (χ4n) is 2.08. The predicted molar refractivity (Wildman–Crippen MR) is 84.2 cm³/mol. The summed E-state index contributed by atoms with van der Waals surface area (Å²) in [6.45, 7) is 2.19. The van der Waals surface area contributed by atoms with Gasteiger partial charge < -0.3 is 9.40 Å². The maximum atomic E-state index is 5.66. The lowest BCUT2D eigenvalue weighted by Crippen LogP contribution is -1.98. The molecular formula is C16H17N3OS. The number of nitrogens with zero attached hydrogens (tertiary/aromatic N) is 2. The first-order valence-corrected chi connectivity index (χ1v) is 7.87. The van der Waals surface area contributed by atoms with E-state index in [2.05, 4.69) is 46.4 Å². The van der Waals surface area contributed by atoms with Gasteiger partial charge in [0.25, 0.3) is 11.1 Å². The summed E-state index contributed by atoms with van der Waals surface area (Å²) < 4.78 is 5.66. The molecule has 4 nitrogen and oxygen atoms in total. The molecule has 1 atom stereocenters. The summed E-state index contributed by atoms with van der Waals surface area (Å²) in [5, 5.41) is 9.21. The van der Waals surface area contributed by atoms with Crippen LogP contribution in [-0.4, -0.2) is 20.4 Å². The molecule has 1 N–H and O–H groups in total. The molecule has 2 heterocycles. The molecule has 21 heavy (non-hydrogen) atoms. The Morgan fingerprint density at radius 3 is 2.76 bits per heavy atom. The zero-order chi connectivity index (χ0) is 14.5. The Hall–Kier alpha value is -2.01. The van der Waals surface area contributed by atoms with Crippen LogP contribution in [0.2, 0.25) is 0 Å².